The molecule has 0 saturated heterocycles. The van der Waals surface area contributed by atoms with Gasteiger partial charge in [-0.1, -0.05) is 38.1 Å². The number of esters is 2. The first-order valence-corrected chi connectivity index (χ1v) is 20.2. The molecule has 2 aliphatic rings. The van der Waals surface area contributed by atoms with Gasteiger partial charge in [-0.15, -0.1) is 0 Å². The van der Waals surface area contributed by atoms with Crippen molar-refractivity contribution in [3.05, 3.63) is 130 Å². The smallest absolute Gasteiger partial charge is 0.340 e. The number of pyridine rings is 2. The first-order chi connectivity index (χ1) is 26.6. The Kier molecular flexibility index (Phi) is 10.9. The van der Waals surface area contributed by atoms with Crippen LogP contribution in [-0.4, -0.2) is 42.7 Å². The molecule has 4 aromatic heterocycles. The number of benzene rings is 2. The normalized spacial score (nSPS) is 14.5. The number of nitrogens with one attached hydrogen (secondary N) is 1. The summed E-state index contributed by atoms with van der Waals surface area (Å²) in [6.45, 7) is 16.8. The lowest BCUT2D eigenvalue weighted by Crippen LogP contribution is -2.25. The summed E-state index contributed by atoms with van der Waals surface area (Å²) in [6.07, 6.45) is 13.9. The van der Waals surface area contributed by atoms with Crippen molar-refractivity contribution in [3.63, 3.8) is 0 Å². The number of hydrogen-bond donors (Lipinski definition) is 1. The van der Waals surface area contributed by atoms with E-state index in [1.807, 2.05) is 78.3 Å². The van der Waals surface area contributed by atoms with Gasteiger partial charge in [0.05, 0.1) is 22.5 Å². The van der Waals surface area contributed by atoms with Crippen molar-refractivity contribution in [1.82, 2.24) is 19.5 Å². The van der Waals surface area contributed by atoms with Crippen LogP contribution < -0.4 is 0 Å². The number of carbonyl (C=O) groups is 2. The van der Waals surface area contributed by atoms with Crippen LogP contribution in [0.1, 0.15) is 147 Å². The molecule has 2 aliphatic carbocycles. The fraction of sp³-hybridized carbons (Fsp3) is 0.417. The second-order valence-electron chi connectivity index (χ2n) is 18.0. The van der Waals surface area contributed by atoms with E-state index < -0.39 is 11.2 Å². The quantitative estimate of drug-likeness (QED) is 0.140. The Balaban J connectivity index is 0.000000173. The SMILES string of the molecule is CC(C)(C)OC(=O)c1cc(C2CC2)cnc1Cc1cccc2[nH]ccc12.CC(C)Cn1ccc2c(Cc3ncc(C4CC4)cc3C(=O)OC(C)(C)C)cccc21. The fourth-order valence-electron chi connectivity index (χ4n) is 7.26. The molecule has 0 unspecified atom stereocenters. The number of hydrogen-bond acceptors (Lipinski definition) is 6. The van der Waals surface area contributed by atoms with Crippen LogP contribution in [0.5, 0.6) is 0 Å². The second-order valence-corrected chi connectivity index (χ2v) is 18.0. The molecule has 56 heavy (non-hydrogen) atoms. The molecule has 2 aromatic carbocycles. The zero-order valence-corrected chi connectivity index (χ0v) is 34.2. The van der Waals surface area contributed by atoms with Crippen molar-refractivity contribution < 1.29 is 19.1 Å². The van der Waals surface area contributed by atoms with E-state index in [4.69, 9.17) is 14.5 Å². The van der Waals surface area contributed by atoms with Crippen LogP contribution in [0.15, 0.2) is 85.5 Å². The highest BCUT2D eigenvalue weighted by Gasteiger charge is 2.29. The highest BCUT2D eigenvalue weighted by atomic mass is 16.6. The number of carbonyl (C=O) groups excluding carboxylic acids is 2. The molecule has 1 N–H and O–H groups in total. The number of H-pyrrole nitrogens is 1. The molecule has 0 aliphatic heterocycles. The molecular weight excluding hydrogens is 697 g/mol. The number of aromatic nitrogens is 4. The van der Waals surface area contributed by atoms with Crippen molar-refractivity contribution >= 4 is 33.7 Å². The Morgan fingerprint density at radius 2 is 1.25 bits per heavy atom. The lowest BCUT2D eigenvalue weighted by molar-refractivity contribution is 0.00551. The molecule has 2 fully saturated rings. The zero-order chi connectivity index (χ0) is 39.8. The molecule has 0 bridgehead atoms. The first kappa shape index (κ1) is 39.0. The van der Waals surface area contributed by atoms with Crippen LogP contribution in [0.2, 0.25) is 0 Å². The maximum Gasteiger partial charge on any atom is 0.340 e. The monoisotopic (exact) mass is 752 g/mol. The molecule has 8 rings (SSSR count). The summed E-state index contributed by atoms with van der Waals surface area (Å²) in [4.78, 5) is 38.4. The van der Waals surface area contributed by atoms with Gasteiger partial charge < -0.3 is 19.0 Å². The van der Waals surface area contributed by atoms with Crippen LogP contribution in [0.4, 0.5) is 0 Å². The van der Waals surface area contributed by atoms with Gasteiger partial charge in [0, 0.05) is 66.0 Å². The Morgan fingerprint density at radius 1 is 0.732 bits per heavy atom. The molecule has 8 heteroatoms. The van der Waals surface area contributed by atoms with Gasteiger partial charge in [0.25, 0.3) is 0 Å². The van der Waals surface area contributed by atoms with Crippen molar-refractivity contribution in [2.75, 3.05) is 0 Å². The minimum atomic E-state index is -0.530. The molecule has 0 spiro atoms. The maximum absolute atomic E-state index is 13.0. The van der Waals surface area contributed by atoms with Gasteiger partial charge in [0.15, 0.2) is 0 Å². The lowest BCUT2D eigenvalue weighted by atomic mass is 10.00. The number of rotatable bonds is 10. The number of aromatic amines is 1. The predicted octanol–water partition coefficient (Wildman–Crippen LogP) is 11.1. The Morgan fingerprint density at radius 3 is 1.75 bits per heavy atom. The van der Waals surface area contributed by atoms with E-state index in [1.165, 1.54) is 42.1 Å². The first-order valence-electron chi connectivity index (χ1n) is 20.2. The molecule has 0 amide bonds. The van der Waals surface area contributed by atoms with E-state index in [0.29, 0.717) is 41.7 Å². The minimum Gasteiger partial charge on any atom is -0.456 e. The van der Waals surface area contributed by atoms with Crippen molar-refractivity contribution in [3.8, 4) is 0 Å². The maximum atomic E-state index is 13.0. The second kappa shape index (κ2) is 15.7. The summed E-state index contributed by atoms with van der Waals surface area (Å²) < 4.78 is 13.7. The van der Waals surface area contributed by atoms with E-state index in [9.17, 15) is 9.59 Å². The highest BCUT2D eigenvalue weighted by Crippen LogP contribution is 2.41. The molecule has 292 valence electrons. The summed E-state index contributed by atoms with van der Waals surface area (Å²) >= 11 is 0. The van der Waals surface area contributed by atoms with Crippen LogP contribution in [0, 0.1) is 5.92 Å². The van der Waals surface area contributed by atoms with Gasteiger partial charge in [-0.25, -0.2) is 9.59 Å². The number of nitrogens with zero attached hydrogens (tertiary/aromatic N) is 3. The van der Waals surface area contributed by atoms with Gasteiger partial charge >= 0.3 is 11.9 Å². The summed E-state index contributed by atoms with van der Waals surface area (Å²) in [7, 11) is 0. The van der Waals surface area contributed by atoms with Crippen LogP contribution in [0.3, 0.4) is 0 Å². The standard InChI is InChI=1S/C26H32N2O2.C22H24N2O2/c1-17(2)16-28-12-11-21-19(7-6-8-24(21)28)14-23-22(25(29)30-26(3,4)5)13-20(15-27-23)18-9-10-18;1-22(2,3)26-21(25)18-11-16(14-7-8-14)13-24-20(18)12-15-5-4-6-19-17(15)9-10-23-19/h6-8,11-13,15,17-18H,9-10,14,16H2,1-5H3;4-6,9-11,13-14,23H,7-8,12H2,1-3H3. The topological polar surface area (TPSA) is 99.1 Å². The third-order valence-corrected chi connectivity index (χ3v) is 10.2. The van der Waals surface area contributed by atoms with Gasteiger partial charge in [-0.2, -0.15) is 0 Å². The van der Waals surface area contributed by atoms with E-state index in [2.05, 4.69) is 77.0 Å². The molecule has 0 atom stereocenters. The number of ether oxygens (including phenoxy) is 2. The van der Waals surface area contributed by atoms with Crippen molar-refractivity contribution in [2.45, 2.75) is 123 Å². The third-order valence-electron chi connectivity index (χ3n) is 10.2. The van der Waals surface area contributed by atoms with Gasteiger partial charge in [-0.3, -0.25) is 9.97 Å². The lowest BCUT2D eigenvalue weighted by Gasteiger charge is -2.21. The Hall–Kier alpha value is -5.24. The molecule has 8 nitrogen and oxygen atoms in total. The van der Waals surface area contributed by atoms with Crippen LogP contribution >= 0.6 is 0 Å². The third kappa shape index (κ3) is 9.58. The van der Waals surface area contributed by atoms with Gasteiger partial charge in [0.2, 0.25) is 0 Å². The van der Waals surface area contributed by atoms with Gasteiger partial charge in [-0.05, 0) is 144 Å². The van der Waals surface area contributed by atoms with Crippen LogP contribution in [-0.2, 0) is 28.9 Å². The molecule has 0 radical (unpaired) electrons. The molecule has 4 heterocycles. The molecule has 2 saturated carbocycles. The average molecular weight is 753 g/mol. The Labute approximate surface area is 331 Å². The fourth-order valence-corrected chi connectivity index (χ4v) is 7.26. The summed E-state index contributed by atoms with van der Waals surface area (Å²) in [6, 6.07) is 20.8. The minimum absolute atomic E-state index is 0.281. The zero-order valence-electron chi connectivity index (χ0n) is 34.2. The number of fused-ring (bicyclic) bond motifs is 2. The van der Waals surface area contributed by atoms with Crippen LogP contribution in [0.25, 0.3) is 21.8 Å². The summed E-state index contributed by atoms with van der Waals surface area (Å²) in [5.74, 6) is 1.10. The largest absolute Gasteiger partial charge is 0.456 e. The highest BCUT2D eigenvalue weighted by molar-refractivity contribution is 5.93. The average Bonchev–Trinajstić information content (AvgIpc) is 4.06. The van der Waals surface area contributed by atoms with Gasteiger partial charge in [0.1, 0.15) is 11.2 Å². The predicted molar refractivity (Wildman–Crippen MR) is 223 cm³/mol. The summed E-state index contributed by atoms with van der Waals surface area (Å²) in [5.41, 5.74) is 8.68. The summed E-state index contributed by atoms with van der Waals surface area (Å²) in [5, 5.41) is 2.39. The van der Waals surface area contributed by atoms with E-state index >= 15 is 0 Å². The van der Waals surface area contributed by atoms with E-state index in [-0.39, 0.29) is 11.9 Å². The van der Waals surface area contributed by atoms with Crippen molar-refractivity contribution in [1.29, 1.82) is 0 Å². The molecule has 6 aromatic rings. The molecular formula is C48H56N4O4. The Bertz CT molecular complexity index is 2360. The van der Waals surface area contributed by atoms with E-state index in [1.54, 1.807) is 0 Å². The van der Waals surface area contributed by atoms with Crippen molar-refractivity contribution in [2.24, 2.45) is 5.92 Å². The van der Waals surface area contributed by atoms with E-state index in [0.717, 1.165) is 45.5 Å².